The Morgan fingerprint density at radius 2 is 1.55 bits per heavy atom. The number of carbonyl (C=O) groups excluding carboxylic acids is 2. The van der Waals surface area contributed by atoms with Gasteiger partial charge in [0.05, 0.1) is 18.4 Å². The maximum absolute atomic E-state index is 12.5. The van der Waals surface area contributed by atoms with Crippen LogP contribution >= 0.6 is 15.9 Å². The van der Waals surface area contributed by atoms with Gasteiger partial charge in [0.1, 0.15) is 5.75 Å². The third kappa shape index (κ3) is 7.54. The van der Waals surface area contributed by atoms with E-state index in [2.05, 4.69) is 26.5 Å². The van der Waals surface area contributed by atoms with Crippen LogP contribution in [0.3, 0.4) is 0 Å². The molecule has 4 aromatic carbocycles. The maximum Gasteiger partial charge on any atom is 0.343 e. The Balaban J connectivity index is 1.30. The van der Waals surface area contributed by atoms with Crippen LogP contribution in [0.4, 0.5) is 0 Å². The summed E-state index contributed by atoms with van der Waals surface area (Å²) in [5.74, 6) is 0.349. The number of esters is 1. The largest absolute Gasteiger partial charge is 0.490 e. The van der Waals surface area contributed by atoms with Gasteiger partial charge < -0.3 is 14.2 Å². The van der Waals surface area contributed by atoms with E-state index in [4.69, 9.17) is 14.2 Å². The van der Waals surface area contributed by atoms with Crippen molar-refractivity contribution in [3.05, 3.63) is 113 Å². The topological polar surface area (TPSA) is 86.2 Å². The lowest BCUT2D eigenvalue weighted by atomic mass is 10.1. The van der Waals surface area contributed by atoms with Crippen molar-refractivity contribution in [2.45, 2.75) is 6.92 Å². The zero-order valence-corrected chi connectivity index (χ0v) is 22.2. The fourth-order valence-electron chi connectivity index (χ4n) is 3.44. The lowest BCUT2D eigenvalue weighted by molar-refractivity contribution is -0.123. The molecule has 192 valence electrons. The Kier molecular flexibility index (Phi) is 9.26. The number of hydrogen-bond acceptors (Lipinski definition) is 6. The molecule has 0 aromatic heterocycles. The molecule has 0 unspecified atom stereocenters. The molecule has 0 aliphatic rings. The molecule has 4 aromatic rings. The van der Waals surface area contributed by atoms with E-state index in [1.165, 1.54) is 6.21 Å². The molecule has 0 radical (unpaired) electrons. The second kappa shape index (κ2) is 13.2. The summed E-state index contributed by atoms with van der Waals surface area (Å²) in [4.78, 5) is 24.6. The molecule has 0 bridgehead atoms. The molecule has 0 aliphatic heterocycles. The van der Waals surface area contributed by atoms with Crippen LogP contribution < -0.4 is 19.6 Å². The van der Waals surface area contributed by atoms with Crippen LogP contribution in [0.1, 0.15) is 22.8 Å². The van der Waals surface area contributed by atoms with Gasteiger partial charge in [0.25, 0.3) is 5.91 Å². The number of nitrogens with zero attached hydrogens (tertiary/aromatic N) is 1. The van der Waals surface area contributed by atoms with Gasteiger partial charge in [-0.15, -0.1) is 0 Å². The highest BCUT2D eigenvalue weighted by Gasteiger charge is 2.13. The number of carbonyl (C=O) groups is 2. The van der Waals surface area contributed by atoms with Crippen LogP contribution in [0.15, 0.2) is 107 Å². The second-order valence-corrected chi connectivity index (χ2v) is 8.92. The minimum Gasteiger partial charge on any atom is -0.490 e. The van der Waals surface area contributed by atoms with Crippen LogP contribution in [0, 0.1) is 0 Å². The molecule has 4 rings (SSSR count). The molecule has 0 spiro atoms. The van der Waals surface area contributed by atoms with Crippen molar-refractivity contribution in [1.29, 1.82) is 0 Å². The molecule has 0 saturated heterocycles. The first kappa shape index (κ1) is 26.6. The van der Waals surface area contributed by atoms with E-state index in [0.717, 1.165) is 15.6 Å². The molecule has 38 heavy (non-hydrogen) atoms. The number of benzene rings is 4. The average Bonchev–Trinajstić information content (AvgIpc) is 2.94. The average molecular weight is 573 g/mol. The van der Waals surface area contributed by atoms with Crippen LogP contribution in [0.2, 0.25) is 0 Å². The van der Waals surface area contributed by atoms with Gasteiger partial charge in [-0.2, -0.15) is 5.10 Å². The molecule has 0 fully saturated rings. The van der Waals surface area contributed by atoms with E-state index in [1.807, 2.05) is 61.5 Å². The third-order valence-corrected chi connectivity index (χ3v) is 5.81. The van der Waals surface area contributed by atoms with Gasteiger partial charge in [-0.25, -0.2) is 10.2 Å². The number of ether oxygens (including phenoxy) is 3. The molecule has 0 atom stereocenters. The molecule has 7 nitrogen and oxygen atoms in total. The zero-order chi connectivity index (χ0) is 26.7. The van der Waals surface area contributed by atoms with Crippen LogP contribution in [-0.2, 0) is 4.79 Å². The standard InChI is InChI=1S/C30H25BrN2O5/c1-2-36-28-18-21(8-17-27(28)38-30(35)24-9-13-25(31)14-10-24)19-32-33-29(34)20-37-26-15-11-23(12-16-26)22-6-4-3-5-7-22/h3-19H,2,20H2,1H3,(H,33,34)/b32-19+. The Bertz CT molecular complexity index is 1410. The third-order valence-electron chi connectivity index (χ3n) is 5.28. The lowest BCUT2D eigenvalue weighted by Crippen LogP contribution is -2.24. The monoisotopic (exact) mass is 572 g/mol. The van der Waals surface area contributed by atoms with Crippen LogP contribution in [0.5, 0.6) is 17.2 Å². The van der Waals surface area contributed by atoms with Crippen molar-refractivity contribution in [3.63, 3.8) is 0 Å². The summed E-state index contributed by atoms with van der Waals surface area (Å²) < 4.78 is 17.6. The number of halogens is 1. The van der Waals surface area contributed by atoms with Crippen LogP contribution in [0.25, 0.3) is 11.1 Å². The summed E-state index contributed by atoms with van der Waals surface area (Å²) >= 11 is 3.34. The number of rotatable bonds is 10. The Morgan fingerprint density at radius 1 is 0.842 bits per heavy atom. The molecule has 0 heterocycles. The fraction of sp³-hybridized carbons (Fsp3) is 0.100. The van der Waals surface area contributed by atoms with Crippen molar-refractivity contribution in [2.24, 2.45) is 5.10 Å². The molecule has 8 heteroatoms. The van der Waals surface area contributed by atoms with E-state index in [9.17, 15) is 9.59 Å². The summed E-state index contributed by atoms with van der Waals surface area (Å²) in [6, 6.07) is 29.4. The Hall–Kier alpha value is -4.43. The van der Waals surface area contributed by atoms with Crippen molar-refractivity contribution in [1.82, 2.24) is 5.43 Å². The first-order chi connectivity index (χ1) is 18.5. The van der Waals surface area contributed by atoms with E-state index >= 15 is 0 Å². The van der Waals surface area contributed by atoms with Gasteiger partial charge in [-0.05, 0) is 78.2 Å². The number of hydrazone groups is 1. The van der Waals surface area contributed by atoms with Crippen LogP contribution in [-0.4, -0.2) is 31.3 Å². The number of nitrogens with one attached hydrogen (secondary N) is 1. The highest BCUT2D eigenvalue weighted by molar-refractivity contribution is 9.10. The van der Waals surface area contributed by atoms with Gasteiger partial charge in [0, 0.05) is 4.47 Å². The predicted molar refractivity (Wildman–Crippen MR) is 150 cm³/mol. The first-order valence-electron chi connectivity index (χ1n) is 11.9. The predicted octanol–water partition coefficient (Wildman–Crippen LogP) is 6.26. The fourth-order valence-corrected chi connectivity index (χ4v) is 3.70. The first-order valence-corrected chi connectivity index (χ1v) is 12.7. The maximum atomic E-state index is 12.5. The summed E-state index contributed by atoms with van der Waals surface area (Å²) in [5, 5.41) is 3.98. The van der Waals surface area contributed by atoms with E-state index in [0.29, 0.717) is 29.2 Å². The van der Waals surface area contributed by atoms with Gasteiger partial charge >= 0.3 is 5.97 Å². The minimum atomic E-state index is -0.498. The number of hydrogen-bond donors (Lipinski definition) is 1. The van der Waals surface area contributed by atoms with E-state index in [1.54, 1.807) is 42.5 Å². The van der Waals surface area contributed by atoms with Gasteiger partial charge in [-0.3, -0.25) is 4.79 Å². The summed E-state index contributed by atoms with van der Waals surface area (Å²) in [6.45, 7) is 2.03. The minimum absolute atomic E-state index is 0.183. The molecule has 1 amide bonds. The SMILES string of the molecule is CCOc1cc(/C=N/NC(=O)COc2ccc(-c3ccccc3)cc2)ccc1OC(=O)c1ccc(Br)cc1. The smallest absolute Gasteiger partial charge is 0.343 e. The quantitative estimate of drug-likeness (QED) is 0.105. The Morgan fingerprint density at radius 3 is 2.26 bits per heavy atom. The zero-order valence-electron chi connectivity index (χ0n) is 20.6. The molecular formula is C30H25BrN2O5. The molecule has 0 aliphatic carbocycles. The highest BCUT2D eigenvalue weighted by Crippen LogP contribution is 2.29. The lowest BCUT2D eigenvalue weighted by Gasteiger charge is -2.11. The van der Waals surface area contributed by atoms with Crippen molar-refractivity contribution < 1.29 is 23.8 Å². The van der Waals surface area contributed by atoms with Gasteiger partial charge in [-0.1, -0.05) is 58.4 Å². The van der Waals surface area contributed by atoms with Gasteiger partial charge in [0.2, 0.25) is 0 Å². The van der Waals surface area contributed by atoms with Crippen molar-refractivity contribution >= 4 is 34.0 Å². The van der Waals surface area contributed by atoms with Crippen molar-refractivity contribution in [2.75, 3.05) is 13.2 Å². The second-order valence-electron chi connectivity index (χ2n) is 8.01. The molecular weight excluding hydrogens is 548 g/mol. The normalized spacial score (nSPS) is 10.7. The summed E-state index contributed by atoms with van der Waals surface area (Å²) in [6.07, 6.45) is 1.47. The van der Waals surface area contributed by atoms with Crippen molar-refractivity contribution in [3.8, 4) is 28.4 Å². The molecule has 1 N–H and O–H groups in total. The Labute approximate surface area is 229 Å². The number of amides is 1. The molecule has 0 saturated carbocycles. The highest BCUT2D eigenvalue weighted by atomic mass is 79.9. The van der Waals surface area contributed by atoms with E-state index < -0.39 is 11.9 Å². The van der Waals surface area contributed by atoms with E-state index in [-0.39, 0.29) is 12.4 Å². The summed E-state index contributed by atoms with van der Waals surface area (Å²) in [5.41, 5.74) is 5.67. The van der Waals surface area contributed by atoms with Gasteiger partial charge in [0.15, 0.2) is 18.1 Å². The summed E-state index contributed by atoms with van der Waals surface area (Å²) in [7, 11) is 0.